The lowest BCUT2D eigenvalue weighted by Gasteiger charge is -2.30. The molecule has 1 aliphatic heterocycles. The van der Waals surface area contributed by atoms with Gasteiger partial charge in [-0.15, -0.1) is 0 Å². The average molecular weight is 245 g/mol. The number of carboxylic acid groups (broad SMARTS) is 1. The molecule has 4 N–H and O–H groups in total. The van der Waals surface area contributed by atoms with E-state index in [1.165, 1.54) is 0 Å². The van der Waals surface area contributed by atoms with Crippen molar-refractivity contribution in [1.29, 1.82) is 0 Å². The Hall–Kier alpha value is -1.34. The number of carboxylic acids is 1. The summed E-state index contributed by atoms with van der Waals surface area (Å²) >= 11 is 0. The highest BCUT2D eigenvalue weighted by Crippen LogP contribution is 2.07. The molecule has 0 atom stereocenters. The second kappa shape index (κ2) is 7.08. The minimum absolute atomic E-state index is 0.143. The van der Waals surface area contributed by atoms with Crippen LogP contribution in [0.1, 0.15) is 12.8 Å². The molecule has 7 heteroatoms. The first-order valence-electron chi connectivity index (χ1n) is 5.67. The fourth-order valence-corrected chi connectivity index (χ4v) is 1.60. The number of amides is 2. The molecular weight excluding hydrogens is 226 g/mol. The highest BCUT2D eigenvalue weighted by molar-refractivity contribution is 5.74. The van der Waals surface area contributed by atoms with Gasteiger partial charge in [-0.2, -0.15) is 0 Å². The molecule has 1 saturated heterocycles. The zero-order valence-electron chi connectivity index (χ0n) is 9.72. The van der Waals surface area contributed by atoms with Gasteiger partial charge in [0.2, 0.25) is 0 Å². The smallest absolute Gasteiger partial charge is 0.329 e. The van der Waals surface area contributed by atoms with Gasteiger partial charge in [0, 0.05) is 25.7 Å². The number of rotatable bonds is 5. The number of carbonyl (C=O) groups excluding carboxylic acids is 1. The van der Waals surface area contributed by atoms with Crippen LogP contribution in [0.25, 0.3) is 0 Å². The lowest BCUT2D eigenvalue weighted by Crippen LogP contribution is -2.47. The Morgan fingerprint density at radius 1 is 1.41 bits per heavy atom. The summed E-state index contributed by atoms with van der Waals surface area (Å²) in [6.45, 7) is 1.51. The molecule has 98 valence electrons. The van der Waals surface area contributed by atoms with Gasteiger partial charge in [0.25, 0.3) is 0 Å². The molecule has 1 rings (SSSR count). The summed E-state index contributed by atoms with van der Waals surface area (Å²) in [6, 6.07) is 0.0498. The second-order valence-corrected chi connectivity index (χ2v) is 4.00. The largest absolute Gasteiger partial charge is 0.480 e. The second-order valence-electron chi connectivity index (χ2n) is 4.00. The third-order valence-corrected chi connectivity index (χ3v) is 2.57. The Bertz CT molecular complexity index is 264. The number of likely N-dealkylation sites (tertiary alicyclic amines) is 1. The van der Waals surface area contributed by atoms with E-state index in [0.29, 0.717) is 19.6 Å². The molecule has 0 aromatic carbocycles. The van der Waals surface area contributed by atoms with Crippen LogP contribution in [0.5, 0.6) is 0 Å². The molecule has 0 radical (unpaired) electrons. The van der Waals surface area contributed by atoms with Crippen LogP contribution in [0.4, 0.5) is 4.79 Å². The third-order valence-electron chi connectivity index (χ3n) is 2.57. The summed E-state index contributed by atoms with van der Waals surface area (Å²) in [7, 11) is 0. The van der Waals surface area contributed by atoms with E-state index in [9.17, 15) is 9.59 Å². The van der Waals surface area contributed by atoms with Crippen molar-refractivity contribution in [3.8, 4) is 0 Å². The summed E-state index contributed by atoms with van der Waals surface area (Å²) in [5.41, 5.74) is 5.73. The number of urea groups is 1. The zero-order chi connectivity index (χ0) is 12.7. The third kappa shape index (κ3) is 5.50. The predicted molar refractivity (Wildman–Crippen MR) is 60.6 cm³/mol. The van der Waals surface area contributed by atoms with Crippen LogP contribution in [0, 0.1) is 0 Å². The first kappa shape index (κ1) is 13.7. The summed E-state index contributed by atoms with van der Waals surface area (Å²) in [5, 5.41) is 11.0. The molecule has 7 nitrogen and oxygen atoms in total. The summed E-state index contributed by atoms with van der Waals surface area (Å²) in [6.07, 6.45) is 1.64. The number of nitrogens with one attached hydrogen (secondary N) is 1. The maximum atomic E-state index is 11.6. The van der Waals surface area contributed by atoms with Crippen LogP contribution in [-0.2, 0) is 9.53 Å². The number of nitrogens with two attached hydrogens (primary N) is 1. The molecule has 0 spiro atoms. The van der Waals surface area contributed by atoms with Crippen molar-refractivity contribution in [3.63, 3.8) is 0 Å². The lowest BCUT2D eigenvalue weighted by atomic mass is 10.1. The fourth-order valence-electron chi connectivity index (χ4n) is 1.60. The number of piperidine rings is 1. The van der Waals surface area contributed by atoms with Gasteiger partial charge in [0.1, 0.15) is 6.61 Å². The first-order chi connectivity index (χ1) is 8.09. The lowest BCUT2D eigenvalue weighted by molar-refractivity contribution is -0.142. The van der Waals surface area contributed by atoms with Crippen molar-refractivity contribution in [2.24, 2.45) is 5.73 Å². The van der Waals surface area contributed by atoms with Crippen LogP contribution >= 0.6 is 0 Å². The molecule has 1 heterocycles. The number of nitrogens with zero attached hydrogens (tertiary/aromatic N) is 1. The van der Waals surface area contributed by atoms with Gasteiger partial charge in [0.15, 0.2) is 0 Å². The van der Waals surface area contributed by atoms with E-state index in [1.54, 1.807) is 4.90 Å². The van der Waals surface area contributed by atoms with E-state index in [1.807, 2.05) is 0 Å². The van der Waals surface area contributed by atoms with Crippen LogP contribution in [0.15, 0.2) is 0 Å². The van der Waals surface area contributed by atoms with Crippen molar-refractivity contribution < 1.29 is 19.4 Å². The van der Waals surface area contributed by atoms with Gasteiger partial charge in [-0.05, 0) is 12.8 Å². The van der Waals surface area contributed by atoms with Crippen molar-refractivity contribution in [3.05, 3.63) is 0 Å². The SMILES string of the molecule is NC1CCN(C(=O)NCCOCC(=O)O)CC1. The molecule has 2 amide bonds. The van der Waals surface area contributed by atoms with Gasteiger partial charge < -0.3 is 25.8 Å². The topological polar surface area (TPSA) is 105 Å². The molecule has 17 heavy (non-hydrogen) atoms. The van der Waals surface area contributed by atoms with Gasteiger partial charge in [0.05, 0.1) is 6.61 Å². The molecular formula is C10H19N3O4. The van der Waals surface area contributed by atoms with Crippen molar-refractivity contribution in [2.45, 2.75) is 18.9 Å². The van der Waals surface area contributed by atoms with Crippen molar-refractivity contribution >= 4 is 12.0 Å². The monoisotopic (exact) mass is 245 g/mol. The van der Waals surface area contributed by atoms with Crippen LogP contribution in [0.3, 0.4) is 0 Å². The average Bonchev–Trinajstić information content (AvgIpc) is 2.29. The van der Waals surface area contributed by atoms with E-state index in [4.69, 9.17) is 15.6 Å². The highest BCUT2D eigenvalue weighted by Gasteiger charge is 2.19. The normalized spacial score (nSPS) is 16.9. The zero-order valence-corrected chi connectivity index (χ0v) is 9.72. The maximum Gasteiger partial charge on any atom is 0.329 e. The molecule has 0 saturated carbocycles. The Balaban J connectivity index is 2.06. The van der Waals surface area contributed by atoms with Gasteiger partial charge in [-0.3, -0.25) is 0 Å². The minimum atomic E-state index is -1.01. The van der Waals surface area contributed by atoms with Crippen molar-refractivity contribution in [1.82, 2.24) is 10.2 Å². The number of carbonyl (C=O) groups is 2. The Morgan fingerprint density at radius 3 is 2.65 bits per heavy atom. The van der Waals surface area contributed by atoms with Gasteiger partial charge >= 0.3 is 12.0 Å². The van der Waals surface area contributed by atoms with Crippen LogP contribution in [-0.4, -0.2) is 60.9 Å². The van der Waals surface area contributed by atoms with E-state index in [-0.39, 0.29) is 25.3 Å². The number of ether oxygens (including phenoxy) is 1. The van der Waals surface area contributed by atoms with E-state index in [2.05, 4.69) is 5.32 Å². The summed E-state index contributed by atoms with van der Waals surface area (Å²) in [4.78, 5) is 23.5. The molecule has 0 aliphatic carbocycles. The predicted octanol–water partition coefficient (Wildman–Crippen LogP) is -0.780. The number of aliphatic carboxylic acids is 1. The Kier molecular flexibility index (Phi) is 5.71. The van der Waals surface area contributed by atoms with E-state index >= 15 is 0 Å². The Morgan fingerprint density at radius 2 is 2.06 bits per heavy atom. The Labute approximate surface area is 99.9 Å². The molecule has 0 aromatic rings. The molecule has 0 bridgehead atoms. The quantitative estimate of drug-likeness (QED) is 0.551. The number of hydrogen-bond donors (Lipinski definition) is 3. The highest BCUT2D eigenvalue weighted by atomic mass is 16.5. The summed E-state index contributed by atoms with van der Waals surface area (Å²) in [5.74, 6) is -1.01. The minimum Gasteiger partial charge on any atom is -0.480 e. The fraction of sp³-hybridized carbons (Fsp3) is 0.800. The first-order valence-corrected chi connectivity index (χ1v) is 5.67. The standard InChI is InChI=1S/C10H19N3O4/c11-8-1-4-13(5-2-8)10(16)12-3-6-17-7-9(14)15/h8H,1-7,11H2,(H,12,16)(H,14,15). The van der Waals surface area contributed by atoms with E-state index in [0.717, 1.165) is 12.8 Å². The van der Waals surface area contributed by atoms with Crippen LogP contribution < -0.4 is 11.1 Å². The molecule has 0 aromatic heterocycles. The van der Waals surface area contributed by atoms with Crippen LogP contribution in [0.2, 0.25) is 0 Å². The molecule has 1 aliphatic rings. The van der Waals surface area contributed by atoms with Gasteiger partial charge in [-0.1, -0.05) is 0 Å². The number of hydrogen-bond acceptors (Lipinski definition) is 4. The molecule has 0 unspecified atom stereocenters. The maximum absolute atomic E-state index is 11.6. The van der Waals surface area contributed by atoms with Crippen molar-refractivity contribution in [2.75, 3.05) is 32.8 Å². The summed E-state index contributed by atoms with van der Waals surface area (Å²) < 4.78 is 4.80. The van der Waals surface area contributed by atoms with Gasteiger partial charge in [-0.25, -0.2) is 9.59 Å². The molecule has 1 fully saturated rings. The van der Waals surface area contributed by atoms with E-state index < -0.39 is 5.97 Å².